The lowest BCUT2D eigenvalue weighted by molar-refractivity contribution is -0.384. The summed E-state index contributed by atoms with van der Waals surface area (Å²) in [7, 11) is 0. The van der Waals surface area contributed by atoms with Crippen molar-refractivity contribution in [1.82, 2.24) is 14.5 Å². The predicted molar refractivity (Wildman–Crippen MR) is 108 cm³/mol. The lowest BCUT2D eigenvalue weighted by Gasteiger charge is -2.24. The summed E-state index contributed by atoms with van der Waals surface area (Å²) in [6.07, 6.45) is 1.55. The number of nitro groups is 1. The Bertz CT molecular complexity index is 1230. The summed E-state index contributed by atoms with van der Waals surface area (Å²) in [4.78, 5) is 31.1. The van der Waals surface area contributed by atoms with Gasteiger partial charge in [-0.25, -0.2) is 4.98 Å². The molecule has 0 aliphatic heterocycles. The molecule has 0 atom stereocenters. The summed E-state index contributed by atoms with van der Waals surface area (Å²) in [5, 5.41) is 14.4. The molecular weight excluding hydrogens is 358 g/mol. The molecule has 2 N–H and O–H groups in total. The van der Waals surface area contributed by atoms with Crippen LogP contribution in [0.3, 0.4) is 0 Å². The minimum atomic E-state index is -0.479. The van der Waals surface area contributed by atoms with Gasteiger partial charge in [-0.2, -0.15) is 0 Å². The maximum absolute atomic E-state index is 13.0. The number of carbonyl (C=O) groups excluding carboxylic acids is 1. The van der Waals surface area contributed by atoms with Gasteiger partial charge in [0.2, 0.25) is 5.95 Å². The van der Waals surface area contributed by atoms with E-state index in [1.54, 1.807) is 12.3 Å². The second kappa shape index (κ2) is 6.19. The fourth-order valence-corrected chi connectivity index (χ4v) is 3.37. The third kappa shape index (κ3) is 2.88. The number of anilines is 1. The van der Waals surface area contributed by atoms with E-state index < -0.39 is 4.92 Å². The number of fused-ring (bicyclic) bond motifs is 2. The molecule has 0 saturated heterocycles. The van der Waals surface area contributed by atoms with E-state index in [2.05, 4.69) is 15.3 Å². The molecule has 28 heavy (non-hydrogen) atoms. The van der Waals surface area contributed by atoms with Crippen molar-refractivity contribution in [3.8, 4) is 0 Å². The SMILES string of the molecule is CC(C)(C)n1c(NC(=O)c2c[nH]c3ccc([N+](=O)[O-])cc23)nc2ccccc21. The van der Waals surface area contributed by atoms with Crippen molar-refractivity contribution in [1.29, 1.82) is 0 Å². The molecule has 2 aromatic carbocycles. The zero-order valence-electron chi connectivity index (χ0n) is 15.7. The number of aromatic nitrogens is 3. The van der Waals surface area contributed by atoms with Crippen LogP contribution < -0.4 is 5.32 Å². The number of aromatic amines is 1. The second-order valence-electron chi connectivity index (χ2n) is 7.57. The van der Waals surface area contributed by atoms with Crippen LogP contribution in [0.5, 0.6) is 0 Å². The average molecular weight is 377 g/mol. The van der Waals surface area contributed by atoms with Crippen molar-refractivity contribution >= 4 is 39.5 Å². The first kappa shape index (κ1) is 17.7. The highest BCUT2D eigenvalue weighted by molar-refractivity contribution is 6.13. The van der Waals surface area contributed by atoms with Gasteiger partial charge in [0.15, 0.2) is 0 Å². The monoisotopic (exact) mass is 377 g/mol. The molecule has 0 radical (unpaired) electrons. The van der Waals surface area contributed by atoms with Crippen LogP contribution >= 0.6 is 0 Å². The first-order valence-electron chi connectivity index (χ1n) is 8.80. The number of rotatable bonds is 3. The number of non-ortho nitro benzene ring substituents is 1. The van der Waals surface area contributed by atoms with Crippen LogP contribution in [0.15, 0.2) is 48.7 Å². The maximum Gasteiger partial charge on any atom is 0.270 e. The summed E-state index contributed by atoms with van der Waals surface area (Å²) < 4.78 is 1.97. The van der Waals surface area contributed by atoms with Crippen LogP contribution in [0, 0.1) is 10.1 Å². The number of hydrogen-bond donors (Lipinski definition) is 2. The summed E-state index contributed by atoms with van der Waals surface area (Å²) in [5.74, 6) is 0.0473. The van der Waals surface area contributed by atoms with E-state index in [9.17, 15) is 14.9 Å². The Morgan fingerprint density at radius 3 is 2.68 bits per heavy atom. The third-order valence-corrected chi connectivity index (χ3v) is 4.58. The quantitative estimate of drug-likeness (QED) is 0.407. The Morgan fingerprint density at radius 1 is 1.21 bits per heavy atom. The molecule has 142 valence electrons. The van der Waals surface area contributed by atoms with Gasteiger partial charge in [0.25, 0.3) is 11.6 Å². The lowest BCUT2D eigenvalue weighted by Crippen LogP contribution is -2.25. The van der Waals surface area contributed by atoms with Gasteiger partial charge >= 0.3 is 0 Å². The van der Waals surface area contributed by atoms with Gasteiger partial charge < -0.3 is 9.55 Å². The van der Waals surface area contributed by atoms with Gasteiger partial charge in [-0.05, 0) is 39.0 Å². The van der Waals surface area contributed by atoms with Gasteiger partial charge in [-0.15, -0.1) is 0 Å². The standard InChI is InChI=1S/C20H19N5O3/c1-20(2,3)24-17-7-5-4-6-16(17)22-19(24)23-18(26)14-11-21-15-9-8-12(25(27)28)10-13(14)15/h4-11,21H,1-3H3,(H,22,23,26). The third-order valence-electron chi connectivity index (χ3n) is 4.58. The van der Waals surface area contributed by atoms with Crippen molar-refractivity contribution in [2.45, 2.75) is 26.3 Å². The van der Waals surface area contributed by atoms with Crippen molar-refractivity contribution in [2.75, 3.05) is 5.32 Å². The van der Waals surface area contributed by atoms with Crippen LogP contribution in [0.2, 0.25) is 0 Å². The Morgan fingerprint density at radius 2 is 1.96 bits per heavy atom. The number of nitrogens with zero attached hydrogens (tertiary/aromatic N) is 3. The fraction of sp³-hybridized carbons (Fsp3) is 0.200. The smallest absolute Gasteiger partial charge is 0.270 e. The van der Waals surface area contributed by atoms with Crippen LogP contribution in [0.1, 0.15) is 31.1 Å². The molecular formula is C20H19N5O3. The molecule has 0 aliphatic rings. The normalized spacial score (nSPS) is 11.8. The largest absolute Gasteiger partial charge is 0.360 e. The van der Waals surface area contributed by atoms with E-state index in [1.807, 2.05) is 49.6 Å². The van der Waals surface area contributed by atoms with Crippen LogP contribution in [0.4, 0.5) is 11.6 Å². The first-order valence-corrected chi connectivity index (χ1v) is 8.80. The number of nitro benzene ring substituents is 1. The summed E-state index contributed by atoms with van der Waals surface area (Å²) in [6.45, 7) is 6.10. The molecule has 0 spiro atoms. The number of H-pyrrole nitrogens is 1. The number of para-hydroxylation sites is 2. The molecule has 4 rings (SSSR count). The number of carbonyl (C=O) groups is 1. The molecule has 0 fully saturated rings. The molecule has 0 aliphatic carbocycles. The molecule has 0 bridgehead atoms. The van der Waals surface area contributed by atoms with E-state index in [0.29, 0.717) is 22.4 Å². The van der Waals surface area contributed by atoms with Crippen molar-refractivity contribution in [3.63, 3.8) is 0 Å². The number of hydrogen-bond acceptors (Lipinski definition) is 4. The lowest BCUT2D eigenvalue weighted by atomic mass is 10.1. The minimum absolute atomic E-state index is 0.0666. The molecule has 8 nitrogen and oxygen atoms in total. The van der Waals surface area contributed by atoms with E-state index in [4.69, 9.17) is 0 Å². The summed E-state index contributed by atoms with van der Waals surface area (Å²) in [5.41, 5.74) is 2.30. The van der Waals surface area contributed by atoms with Gasteiger partial charge in [0, 0.05) is 34.8 Å². The molecule has 0 unspecified atom stereocenters. The van der Waals surface area contributed by atoms with Crippen LogP contribution in [0.25, 0.3) is 21.9 Å². The topological polar surface area (TPSA) is 106 Å². The molecule has 1 amide bonds. The van der Waals surface area contributed by atoms with Crippen molar-refractivity contribution < 1.29 is 9.72 Å². The zero-order chi connectivity index (χ0) is 20.1. The molecule has 8 heteroatoms. The van der Waals surface area contributed by atoms with Crippen molar-refractivity contribution in [2.24, 2.45) is 0 Å². The highest BCUT2D eigenvalue weighted by atomic mass is 16.6. The second-order valence-corrected chi connectivity index (χ2v) is 7.57. The molecule has 2 heterocycles. The van der Waals surface area contributed by atoms with E-state index in [-0.39, 0.29) is 17.1 Å². The maximum atomic E-state index is 13.0. The minimum Gasteiger partial charge on any atom is -0.360 e. The molecule has 0 saturated carbocycles. The highest BCUT2D eigenvalue weighted by Crippen LogP contribution is 2.29. The Labute approximate surface area is 160 Å². The fourth-order valence-electron chi connectivity index (χ4n) is 3.37. The van der Waals surface area contributed by atoms with Gasteiger partial charge in [0.05, 0.1) is 21.5 Å². The molecule has 4 aromatic rings. The Hall–Kier alpha value is -3.68. The van der Waals surface area contributed by atoms with Gasteiger partial charge in [0.1, 0.15) is 0 Å². The Kier molecular flexibility index (Phi) is 3.92. The number of imidazole rings is 1. The van der Waals surface area contributed by atoms with Crippen LogP contribution in [-0.2, 0) is 5.54 Å². The number of benzene rings is 2. The number of nitrogens with one attached hydrogen (secondary N) is 2. The van der Waals surface area contributed by atoms with Gasteiger partial charge in [-0.3, -0.25) is 20.2 Å². The number of amides is 1. The van der Waals surface area contributed by atoms with E-state index >= 15 is 0 Å². The van der Waals surface area contributed by atoms with Crippen molar-refractivity contribution in [3.05, 3.63) is 64.3 Å². The van der Waals surface area contributed by atoms with E-state index in [0.717, 1.165) is 11.0 Å². The zero-order valence-corrected chi connectivity index (χ0v) is 15.7. The summed E-state index contributed by atoms with van der Waals surface area (Å²) in [6, 6.07) is 12.1. The van der Waals surface area contributed by atoms with E-state index in [1.165, 1.54) is 12.1 Å². The Balaban J connectivity index is 1.78. The summed E-state index contributed by atoms with van der Waals surface area (Å²) >= 11 is 0. The molecule has 2 aromatic heterocycles. The van der Waals surface area contributed by atoms with Gasteiger partial charge in [-0.1, -0.05) is 12.1 Å². The predicted octanol–water partition coefficient (Wildman–Crippen LogP) is 4.43. The van der Waals surface area contributed by atoms with Crippen LogP contribution in [-0.4, -0.2) is 25.4 Å². The average Bonchev–Trinajstić information content (AvgIpc) is 3.21. The highest BCUT2D eigenvalue weighted by Gasteiger charge is 2.24. The first-order chi connectivity index (χ1) is 13.3.